The van der Waals surface area contributed by atoms with Gasteiger partial charge in [-0.25, -0.2) is 9.48 Å². The lowest BCUT2D eigenvalue weighted by molar-refractivity contribution is -0.126. The van der Waals surface area contributed by atoms with Crippen molar-refractivity contribution in [2.24, 2.45) is 0 Å². The third-order valence-electron chi connectivity index (χ3n) is 7.61. The number of hydrogen-bond donors (Lipinski definition) is 1. The number of pyridine rings is 1. The van der Waals surface area contributed by atoms with E-state index in [1.165, 1.54) is 7.11 Å². The number of nitrogens with zero attached hydrogens (tertiary/aromatic N) is 5. The maximum atomic E-state index is 14.1. The van der Waals surface area contributed by atoms with Gasteiger partial charge < -0.3 is 10.1 Å². The second kappa shape index (κ2) is 11.7. The predicted molar refractivity (Wildman–Crippen MR) is 154 cm³/mol. The van der Waals surface area contributed by atoms with Gasteiger partial charge in [-0.2, -0.15) is 0 Å². The Kier molecular flexibility index (Phi) is 7.51. The van der Waals surface area contributed by atoms with Gasteiger partial charge in [0.1, 0.15) is 0 Å². The van der Waals surface area contributed by atoms with Crippen LogP contribution in [0.1, 0.15) is 45.7 Å². The first-order valence-electron chi connectivity index (χ1n) is 13.6. The lowest BCUT2D eigenvalue weighted by atomic mass is 9.98. The molecule has 6 rings (SSSR count). The van der Waals surface area contributed by atoms with Crippen LogP contribution in [0.3, 0.4) is 0 Å². The number of para-hydroxylation sites is 1. The first-order chi connectivity index (χ1) is 20.1. The third-order valence-corrected chi connectivity index (χ3v) is 7.61. The number of aromatic nitrogens is 4. The zero-order chi connectivity index (χ0) is 28.2. The van der Waals surface area contributed by atoms with Crippen LogP contribution in [0, 0.1) is 0 Å². The lowest BCUT2D eigenvalue weighted by Crippen LogP contribution is -2.44. The number of hydrogen-bond acceptors (Lipinski definition) is 7. The highest BCUT2D eigenvalue weighted by Crippen LogP contribution is 2.31. The molecule has 3 heterocycles. The Bertz CT molecular complexity index is 1610. The van der Waals surface area contributed by atoms with E-state index in [2.05, 4.69) is 31.6 Å². The zero-order valence-electron chi connectivity index (χ0n) is 22.6. The summed E-state index contributed by atoms with van der Waals surface area (Å²) in [6, 6.07) is 29.1. The Morgan fingerprint density at radius 2 is 1.66 bits per heavy atom. The molecular formula is C32H30N6O3. The molecule has 0 unspecified atom stereocenters. The van der Waals surface area contributed by atoms with Crippen LogP contribution in [0.4, 0.5) is 0 Å². The van der Waals surface area contributed by atoms with Crippen molar-refractivity contribution in [2.45, 2.75) is 31.1 Å². The number of fused-ring (bicyclic) bond motifs is 1. The lowest BCUT2D eigenvalue weighted by Gasteiger charge is -2.27. The van der Waals surface area contributed by atoms with Gasteiger partial charge in [0.2, 0.25) is 5.91 Å². The van der Waals surface area contributed by atoms with Gasteiger partial charge in [0, 0.05) is 24.7 Å². The summed E-state index contributed by atoms with van der Waals surface area (Å²) < 4.78 is 6.47. The fourth-order valence-corrected chi connectivity index (χ4v) is 5.57. The van der Waals surface area contributed by atoms with E-state index in [0.717, 1.165) is 27.6 Å². The molecule has 2 aromatic heterocycles. The maximum Gasteiger partial charge on any atom is 0.360 e. The topological polar surface area (TPSA) is 102 Å². The molecule has 3 aromatic carbocycles. The number of benzene rings is 3. The molecule has 9 nitrogen and oxygen atoms in total. The Balaban J connectivity index is 1.32. The van der Waals surface area contributed by atoms with Gasteiger partial charge >= 0.3 is 5.97 Å². The molecule has 1 fully saturated rings. The molecule has 1 N–H and O–H groups in total. The summed E-state index contributed by atoms with van der Waals surface area (Å²) in [5.41, 5.74) is 4.10. The molecule has 41 heavy (non-hydrogen) atoms. The number of nitrogens with one attached hydrogen (secondary N) is 1. The van der Waals surface area contributed by atoms with Crippen molar-refractivity contribution in [2.75, 3.05) is 13.7 Å². The number of esters is 1. The summed E-state index contributed by atoms with van der Waals surface area (Å²) >= 11 is 0. The summed E-state index contributed by atoms with van der Waals surface area (Å²) in [7, 11) is 1.31. The minimum absolute atomic E-state index is 0.0771. The Morgan fingerprint density at radius 3 is 2.37 bits per heavy atom. The van der Waals surface area contributed by atoms with E-state index >= 15 is 0 Å². The normalized spacial score (nSPS) is 17.1. The number of rotatable bonds is 8. The number of carbonyl (C=O) groups is 2. The highest BCUT2D eigenvalue weighted by Gasteiger charge is 2.39. The quantitative estimate of drug-likeness (QED) is 0.289. The van der Waals surface area contributed by atoms with E-state index in [1.807, 2.05) is 84.9 Å². The minimum Gasteiger partial charge on any atom is -0.464 e. The average Bonchev–Trinajstić information content (AvgIpc) is 3.68. The second-order valence-electron chi connectivity index (χ2n) is 10.2. The monoisotopic (exact) mass is 546 g/mol. The Morgan fingerprint density at radius 1 is 0.951 bits per heavy atom. The third kappa shape index (κ3) is 5.57. The molecule has 0 spiro atoms. The highest BCUT2D eigenvalue weighted by molar-refractivity contribution is 5.86. The SMILES string of the molecule is COC(=O)c1cn([C@@H]2C[C@@H](C(=O)NC(c3ccccc3)c3ccccc3)N(Cc3cccc4cccnc34)C2)nn1. The molecule has 1 aliphatic heterocycles. The van der Waals surface area contributed by atoms with Crippen LogP contribution in [-0.2, 0) is 16.1 Å². The molecule has 0 bridgehead atoms. The van der Waals surface area contributed by atoms with Crippen molar-refractivity contribution >= 4 is 22.8 Å². The van der Waals surface area contributed by atoms with E-state index in [1.54, 1.807) is 17.1 Å². The Hall–Kier alpha value is -4.89. The fourth-order valence-electron chi connectivity index (χ4n) is 5.57. The van der Waals surface area contributed by atoms with Crippen LogP contribution in [0.25, 0.3) is 10.9 Å². The number of methoxy groups -OCH3 is 1. The number of likely N-dealkylation sites (tertiary alicyclic amines) is 1. The number of carbonyl (C=O) groups excluding carboxylic acids is 2. The van der Waals surface area contributed by atoms with Gasteiger partial charge in [-0.15, -0.1) is 5.10 Å². The fraction of sp³-hybridized carbons (Fsp3) is 0.219. The molecule has 0 radical (unpaired) electrons. The van der Waals surface area contributed by atoms with E-state index in [4.69, 9.17) is 4.74 Å². The largest absolute Gasteiger partial charge is 0.464 e. The van der Waals surface area contributed by atoms with E-state index in [9.17, 15) is 9.59 Å². The number of amides is 1. The molecule has 9 heteroatoms. The minimum atomic E-state index is -0.546. The summed E-state index contributed by atoms with van der Waals surface area (Å²) in [4.78, 5) is 32.9. The van der Waals surface area contributed by atoms with Crippen molar-refractivity contribution in [3.8, 4) is 0 Å². The van der Waals surface area contributed by atoms with Crippen LogP contribution in [0.15, 0.2) is 103 Å². The van der Waals surface area contributed by atoms with Crippen LogP contribution in [-0.4, -0.2) is 56.5 Å². The first kappa shape index (κ1) is 26.3. The predicted octanol–water partition coefficient (Wildman–Crippen LogP) is 4.33. The smallest absolute Gasteiger partial charge is 0.360 e. The second-order valence-corrected chi connectivity index (χ2v) is 10.2. The van der Waals surface area contributed by atoms with Gasteiger partial charge in [0.15, 0.2) is 5.69 Å². The van der Waals surface area contributed by atoms with Crippen molar-refractivity contribution in [3.05, 3.63) is 126 Å². The zero-order valence-corrected chi connectivity index (χ0v) is 22.6. The van der Waals surface area contributed by atoms with Gasteiger partial charge in [0.05, 0.1) is 36.9 Å². The molecule has 1 saturated heterocycles. The summed E-state index contributed by atoms with van der Waals surface area (Å²) in [5, 5.41) is 12.6. The Labute approximate surface area is 237 Å². The van der Waals surface area contributed by atoms with Gasteiger partial charge in [-0.05, 0) is 29.2 Å². The van der Waals surface area contributed by atoms with Gasteiger partial charge in [-0.3, -0.25) is 14.7 Å². The summed E-state index contributed by atoms with van der Waals surface area (Å²) in [6.07, 6.45) is 3.88. The van der Waals surface area contributed by atoms with Crippen molar-refractivity contribution in [1.29, 1.82) is 0 Å². The van der Waals surface area contributed by atoms with Crippen molar-refractivity contribution in [3.63, 3.8) is 0 Å². The first-order valence-corrected chi connectivity index (χ1v) is 13.6. The van der Waals surface area contributed by atoms with Crippen LogP contribution in [0.5, 0.6) is 0 Å². The van der Waals surface area contributed by atoms with Crippen LogP contribution < -0.4 is 5.32 Å². The van der Waals surface area contributed by atoms with E-state index in [0.29, 0.717) is 19.5 Å². The average molecular weight is 547 g/mol. The molecule has 5 aromatic rings. The molecule has 1 aliphatic rings. The van der Waals surface area contributed by atoms with E-state index < -0.39 is 12.0 Å². The molecule has 0 aliphatic carbocycles. The van der Waals surface area contributed by atoms with Crippen LogP contribution >= 0.6 is 0 Å². The van der Waals surface area contributed by atoms with Crippen molar-refractivity contribution in [1.82, 2.24) is 30.2 Å². The molecule has 2 atom stereocenters. The van der Waals surface area contributed by atoms with Gasteiger partial charge in [0.25, 0.3) is 0 Å². The summed E-state index contributed by atoms with van der Waals surface area (Å²) in [6.45, 7) is 1.08. The molecule has 1 amide bonds. The molecule has 0 saturated carbocycles. The van der Waals surface area contributed by atoms with Gasteiger partial charge in [-0.1, -0.05) is 90.1 Å². The van der Waals surface area contributed by atoms with Crippen molar-refractivity contribution < 1.29 is 14.3 Å². The molecule has 206 valence electrons. The number of ether oxygens (including phenoxy) is 1. The van der Waals surface area contributed by atoms with E-state index in [-0.39, 0.29) is 23.7 Å². The summed E-state index contributed by atoms with van der Waals surface area (Å²) in [5.74, 6) is -0.623. The standard InChI is InChI=1S/C32H30N6O3/c1-41-32(40)27-21-38(36-35-27)26-18-28(37(20-26)19-25-15-8-14-22-16-9-17-33-29(22)25)31(39)34-30(23-10-4-2-5-11-23)24-12-6-3-7-13-24/h2-17,21,26,28,30H,18-20H2,1H3,(H,34,39)/t26-,28+/m1/s1. The maximum absolute atomic E-state index is 14.1. The highest BCUT2D eigenvalue weighted by atomic mass is 16.5. The molecular weight excluding hydrogens is 516 g/mol. The van der Waals surface area contributed by atoms with Crippen LogP contribution in [0.2, 0.25) is 0 Å².